The Morgan fingerprint density at radius 1 is 1.17 bits per heavy atom. The molecule has 1 aliphatic rings. The maximum absolute atomic E-state index is 12.9. The average molecular weight is 360 g/mol. The molecule has 0 spiro atoms. The van der Waals surface area contributed by atoms with Crippen molar-refractivity contribution in [2.24, 2.45) is 5.73 Å². The highest BCUT2D eigenvalue weighted by atomic mass is 35.5. The molecule has 2 rings (SSSR count). The Kier molecular flexibility index (Phi) is 6.75. The summed E-state index contributed by atoms with van der Waals surface area (Å²) in [4.78, 5) is 16.0. The topological polar surface area (TPSA) is 69.8 Å². The highest BCUT2D eigenvalue weighted by Gasteiger charge is 2.50. The van der Waals surface area contributed by atoms with Crippen molar-refractivity contribution in [3.05, 3.63) is 35.6 Å². The summed E-state index contributed by atoms with van der Waals surface area (Å²) in [6.07, 6.45) is 0. The highest BCUT2D eigenvalue weighted by Crippen LogP contribution is 2.28. The molecular weight excluding hydrogens is 333 g/mol. The van der Waals surface area contributed by atoms with E-state index in [1.54, 1.807) is 32.9 Å². The number of carboxylic acid groups (broad SMARTS) is 1. The van der Waals surface area contributed by atoms with Crippen LogP contribution in [-0.2, 0) is 11.3 Å². The number of nitrogens with two attached hydrogens (primary N) is 1. The van der Waals surface area contributed by atoms with E-state index in [4.69, 9.17) is 5.73 Å². The molecule has 0 radical (unpaired) electrons. The lowest BCUT2D eigenvalue weighted by Crippen LogP contribution is -2.71. The third kappa shape index (κ3) is 4.25. The van der Waals surface area contributed by atoms with Crippen LogP contribution in [-0.4, -0.2) is 58.1 Å². The zero-order valence-electron chi connectivity index (χ0n) is 14.5. The third-order valence-electron chi connectivity index (χ3n) is 5.00. The van der Waals surface area contributed by atoms with E-state index < -0.39 is 17.0 Å². The zero-order chi connectivity index (χ0) is 17.3. The summed E-state index contributed by atoms with van der Waals surface area (Å²) in [6, 6.07) is 6.49. The Morgan fingerprint density at radius 3 is 2.08 bits per heavy atom. The quantitative estimate of drug-likeness (QED) is 0.840. The number of rotatable bonds is 5. The maximum atomic E-state index is 12.9. The monoisotopic (exact) mass is 359 g/mol. The van der Waals surface area contributed by atoms with Crippen molar-refractivity contribution in [1.29, 1.82) is 0 Å². The predicted octanol–water partition coefficient (Wildman–Crippen LogP) is 1.95. The summed E-state index contributed by atoms with van der Waals surface area (Å²) >= 11 is 0. The lowest BCUT2D eigenvalue weighted by Gasteiger charge is -2.49. The van der Waals surface area contributed by atoms with Gasteiger partial charge in [-0.1, -0.05) is 12.1 Å². The lowest BCUT2D eigenvalue weighted by atomic mass is 9.79. The van der Waals surface area contributed by atoms with E-state index in [1.807, 2.05) is 4.90 Å². The molecule has 1 fully saturated rings. The number of hydrogen-bond acceptors (Lipinski definition) is 4. The van der Waals surface area contributed by atoms with Crippen molar-refractivity contribution >= 4 is 18.4 Å². The molecular formula is C17H27ClFN3O2. The van der Waals surface area contributed by atoms with Crippen LogP contribution in [0, 0.1) is 5.82 Å². The van der Waals surface area contributed by atoms with Gasteiger partial charge in [0.2, 0.25) is 0 Å². The lowest BCUT2D eigenvalue weighted by molar-refractivity contribution is -0.156. The van der Waals surface area contributed by atoms with E-state index >= 15 is 0 Å². The Bertz CT molecular complexity index is 554. The van der Waals surface area contributed by atoms with Gasteiger partial charge in [-0.15, -0.1) is 12.4 Å². The molecule has 1 atom stereocenters. The minimum Gasteiger partial charge on any atom is -0.480 e. The molecule has 0 aliphatic carbocycles. The Balaban J connectivity index is 0.00000288. The van der Waals surface area contributed by atoms with Gasteiger partial charge in [-0.05, 0) is 38.5 Å². The second kappa shape index (κ2) is 7.78. The van der Waals surface area contributed by atoms with Crippen LogP contribution in [0.25, 0.3) is 0 Å². The molecule has 24 heavy (non-hydrogen) atoms. The summed E-state index contributed by atoms with van der Waals surface area (Å²) in [6.45, 7) is 8.76. The summed E-state index contributed by atoms with van der Waals surface area (Å²) in [7, 11) is 0. The first-order chi connectivity index (χ1) is 10.6. The van der Waals surface area contributed by atoms with Crippen molar-refractivity contribution in [2.75, 3.05) is 26.2 Å². The van der Waals surface area contributed by atoms with Crippen LogP contribution in [0.2, 0.25) is 0 Å². The van der Waals surface area contributed by atoms with Gasteiger partial charge in [0.1, 0.15) is 11.4 Å². The third-order valence-corrected chi connectivity index (χ3v) is 5.00. The zero-order valence-corrected chi connectivity index (χ0v) is 15.3. The minimum atomic E-state index is -1.10. The average Bonchev–Trinajstić information content (AvgIpc) is 2.48. The van der Waals surface area contributed by atoms with Crippen molar-refractivity contribution in [3.63, 3.8) is 0 Å². The minimum absolute atomic E-state index is 0. The normalized spacial score (nSPS) is 19.4. The SMILES string of the molecule is CC(C)(N)[C@@](C)(C(=O)O)N1CCN(Cc2ccc(F)cc2)CC1.Cl. The molecule has 0 aromatic heterocycles. The molecule has 1 aromatic rings. The highest BCUT2D eigenvalue weighted by molar-refractivity contribution is 5.85. The first kappa shape index (κ1) is 20.8. The molecule has 1 saturated heterocycles. The number of aliphatic carboxylic acids is 1. The molecule has 5 nitrogen and oxygen atoms in total. The fraction of sp³-hybridized carbons (Fsp3) is 0.588. The van der Waals surface area contributed by atoms with Crippen LogP contribution < -0.4 is 5.73 Å². The van der Waals surface area contributed by atoms with Gasteiger partial charge in [-0.3, -0.25) is 14.6 Å². The van der Waals surface area contributed by atoms with Gasteiger partial charge < -0.3 is 10.8 Å². The van der Waals surface area contributed by atoms with Gasteiger partial charge in [0.15, 0.2) is 0 Å². The Labute approximate surface area is 149 Å². The van der Waals surface area contributed by atoms with Gasteiger partial charge in [0.05, 0.1) is 0 Å². The van der Waals surface area contributed by atoms with Crippen LogP contribution in [0.3, 0.4) is 0 Å². The molecule has 1 heterocycles. The largest absolute Gasteiger partial charge is 0.480 e. The van der Waals surface area contributed by atoms with Gasteiger partial charge in [0.25, 0.3) is 0 Å². The standard InChI is InChI=1S/C17H26FN3O2.ClH/c1-16(2,19)17(3,15(22)23)21-10-8-20(9-11-21)12-13-4-6-14(18)7-5-13;/h4-7H,8-12,19H2,1-3H3,(H,22,23);1H/t17-;/m1./s1. The van der Waals surface area contributed by atoms with Crippen LogP contribution in [0.1, 0.15) is 26.3 Å². The van der Waals surface area contributed by atoms with Crippen LogP contribution in [0.15, 0.2) is 24.3 Å². The van der Waals surface area contributed by atoms with Gasteiger partial charge in [0, 0.05) is 38.3 Å². The summed E-state index contributed by atoms with van der Waals surface area (Å²) in [5.41, 5.74) is 5.25. The molecule has 3 N–H and O–H groups in total. The number of piperazine rings is 1. The molecule has 1 aliphatic heterocycles. The van der Waals surface area contributed by atoms with Gasteiger partial charge >= 0.3 is 5.97 Å². The first-order valence-electron chi connectivity index (χ1n) is 7.89. The molecule has 7 heteroatoms. The van der Waals surface area contributed by atoms with E-state index in [9.17, 15) is 14.3 Å². The number of halogens is 2. The van der Waals surface area contributed by atoms with Crippen LogP contribution >= 0.6 is 12.4 Å². The van der Waals surface area contributed by atoms with E-state index in [2.05, 4.69) is 4.90 Å². The Morgan fingerprint density at radius 2 is 1.67 bits per heavy atom. The van der Waals surface area contributed by atoms with Crippen LogP contribution in [0.5, 0.6) is 0 Å². The number of hydrogen-bond donors (Lipinski definition) is 2. The fourth-order valence-corrected chi connectivity index (χ4v) is 3.02. The van der Waals surface area contributed by atoms with E-state index in [0.717, 1.165) is 25.2 Å². The second-order valence-electron chi connectivity index (χ2n) is 6.99. The van der Waals surface area contributed by atoms with Crippen LogP contribution in [0.4, 0.5) is 4.39 Å². The van der Waals surface area contributed by atoms with Crippen molar-refractivity contribution in [2.45, 2.75) is 38.4 Å². The predicted molar refractivity (Wildman–Crippen MR) is 94.8 cm³/mol. The van der Waals surface area contributed by atoms with E-state index in [-0.39, 0.29) is 18.2 Å². The van der Waals surface area contributed by atoms with E-state index in [1.165, 1.54) is 12.1 Å². The molecule has 0 amide bonds. The maximum Gasteiger partial charge on any atom is 0.325 e. The number of benzene rings is 1. The van der Waals surface area contributed by atoms with Crippen molar-refractivity contribution in [1.82, 2.24) is 9.80 Å². The summed E-state index contributed by atoms with van der Waals surface area (Å²) in [5, 5.41) is 9.68. The fourth-order valence-electron chi connectivity index (χ4n) is 3.02. The summed E-state index contributed by atoms with van der Waals surface area (Å²) in [5.74, 6) is -1.13. The number of carbonyl (C=O) groups is 1. The second-order valence-corrected chi connectivity index (χ2v) is 6.99. The van der Waals surface area contributed by atoms with Crippen molar-refractivity contribution < 1.29 is 14.3 Å². The molecule has 0 saturated carbocycles. The molecule has 0 bridgehead atoms. The molecule has 1 aromatic carbocycles. The first-order valence-corrected chi connectivity index (χ1v) is 7.89. The number of nitrogens with zero attached hydrogens (tertiary/aromatic N) is 2. The summed E-state index contributed by atoms with van der Waals surface area (Å²) < 4.78 is 12.9. The van der Waals surface area contributed by atoms with E-state index in [0.29, 0.717) is 13.1 Å². The smallest absolute Gasteiger partial charge is 0.325 e. The molecule has 136 valence electrons. The van der Waals surface area contributed by atoms with Gasteiger partial charge in [-0.25, -0.2) is 4.39 Å². The number of carboxylic acids is 1. The van der Waals surface area contributed by atoms with Gasteiger partial charge in [-0.2, -0.15) is 0 Å². The van der Waals surface area contributed by atoms with Crippen molar-refractivity contribution in [3.8, 4) is 0 Å². The molecule has 0 unspecified atom stereocenters. The Hall–Kier alpha value is -1.21.